The highest BCUT2D eigenvalue weighted by atomic mass is 33.1. The van der Waals surface area contributed by atoms with E-state index in [9.17, 15) is 19.5 Å². The number of aliphatic carboxylic acids is 2. The van der Waals surface area contributed by atoms with Crippen molar-refractivity contribution in [2.24, 2.45) is 11.8 Å². The lowest BCUT2D eigenvalue weighted by Crippen LogP contribution is -2.45. The Hall–Kier alpha value is -0.890. The number of carbonyl (C=O) groups is 3. The van der Waals surface area contributed by atoms with Crippen molar-refractivity contribution < 1.29 is 24.6 Å². The molecular weight excluding hydrogens is 314 g/mol. The van der Waals surface area contributed by atoms with Gasteiger partial charge in [0.2, 0.25) is 5.91 Å². The second kappa shape index (κ2) is 6.08. The van der Waals surface area contributed by atoms with E-state index in [1.54, 1.807) is 28.5 Å². The van der Waals surface area contributed by atoms with E-state index >= 15 is 0 Å². The van der Waals surface area contributed by atoms with E-state index in [4.69, 9.17) is 5.11 Å². The number of hydrogen-bond acceptors (Lipinski definition) is 5. The number of carboxylic acids is 2. The molecule has 2 N–H and O–H groups in total. The van der Waals surface area contributed by atoms with Gasteiger partial charge in [0.1, 0.15) is 6.04 Å². The Morgan fingerprint density at radius 3 is 2.38 bits per heavy atom. The third kappa shape index (κ3) is 3.15. The predicted molar refractivity (Wildman–Crippen MR) is 81.1 cm³/mol. The van der Waals surface area contributed by atoms with Gasteiger partial charge in [0, 0.05) is 23.0 Å². The predicted octanol–water partition coefficient (Wildman–Crippen LogP) is 1.55. The molecule has 2 saturated heterocycles. The van der Waals surface area contributed by atoms with E-state index < -0.39 is 29.8 Å². The average molecular weight is 333 g/mol. The highest BCUT2D eigenvalue weighted by Gasteiger charge is 2.52. The molecular formula is C13H19NO5S2. The van der Waals surface area contributed by atoms with Crippen molar-refractivity contribution in [1.82, 2.24) is 4.90 Å². The molecule has 0 aromatic carbocycles. The summed E-state index contributed by atoms with van der Waals surface area (Å²) >= 11 is 0. The van der Waals surface area contributed by atoms with Gasteiger partial charge in [-0.2, -0.15) is 0 Å². The molecule has 3 unspecified atom stereocenters. The van der Waals surface area contributed by atoms with Crippen molar-refractivity contribution in [1.29, 1.82) is 0 Å². The van der Waals surface area contributed by atoms with Gasteiger partial charge in [0.15, 0.2) is 0 Å². The smallest absolute Gasteiger partial charge is 0.326 e. The fraction of sp³-hybridized carbons (Fsp3) is 0.769. The average Bonchev–Trinajstić information content (AvgIpc) is 3.04. The van der Waals surface area contributed by atoms with Gasteiger partial charge in [0.25, 0.3) is 0 Å². The summed E-state index contributed by atoms with van der Waals surface area (Å²) in [7, 11) is 3.37. The van der Waals surface area contributed by atoms with Gasteiger partial charge >= 0.3 is 11.9 Å². The van der Waals surface area contributed by atoms with Crippen molar-refractivity contribution in [2.75, 3.05) is 12.3 Å². The second-order valence-corrected chi connectivity index (χ2v) is 8.66. The molecule has 2 aliphatic heterocycles. The van der Waals surface area contributed by atoms with Crippen LogP contribution < -0.4 is 0 Å². The minimum atomic E-state index is -1.04. The standard InChI is InChI=1S/C13H19NO5S2/c1-7(8(2)11(16)17)10(15)14-6-13(3-4-20-21-13)5-9(14)12(18)19/h7-9H,3-6H2,1-2H3,(H,16,17)(H,18,19)/t7?,8?,9-,13?/m0/s1. The Labute approximate surface area is 131 Å². The van der Waals surface area contributed by atoms with Gasteiger partial charge in [-0.25, -0.2) is 4.79 Å². The molecule has 4 atom stereocenters. The number of hydrogen-bond donors (Lipinski definition) is 2. The van der Waals surface area contributed by atoms with E-state index in [0.29, 0.717) is 13.0 Å². The maximum Gasteiger partial charge on any atom is 0.326 e. The summed E-state index contributed by atoms with van der Waals surface area (Å²) in [6.45, 7) is 3.44. The molecule has 2 fully saturated rings. The summed E-state index contributed by atoms with van der Waals surface area (Å²) in [6.07, 6.45) is 1.33. The normalized spacial score (nSPS) is 31.3. The zero-order valence-corrected chi connectivity index (χ0v) is 13.6. The molecule has 2 heterocycles. The van der Waals surface area contributed by atoms with E-state index in [2.05, 4.69) is 0 Å². The lowest BCUT2D eigenvalue weighted by Gasteiger charge is -2.27. The quantitative estimate of drug-likeness (QED) is 0.754. The maximum absolute atomic E-state index is 12.5. The highest BCUT2D eigenvalue weighted by Crippen LogP contribution is 2.53. The first kappa shape index (κ1) is 16.5. The number of carboxylic acid groups (broad SMARTS) is 2. The van der Waals surface area contributed by atoms with Gasteiger partial charge in [-0.05, 0) is 12.8 Å². The molecule has 0 aromatic heterocycles. The number of amides is 1. The maximum atomic E-state index is 12.5. The topological polar surface area (TPSA) is 94.9 Å². The van der Waals surface area contributed by atoms with Crippen LogP contribution in [-0.2, 0) is 14.4 Å². The molecule has 1 spiro atoms. The lowest BCUT2D eigenvalue weighted by molar-refractivity contribution is -0.153. The fourth-order valence-corrected chi connectivity index (χ4v) is 6.17. The fourth-order valence-electron chi connectivity index (χ4n) is 2.77. The van der Waals surface area contributed by atoms with Crippen LogP contribution in [-0.4, -0.2) is 56.0 Å². The summed E-state index contributed by atoms with van der Waals surface area (Å²) in [4.78, 5) is 36.4. The van der Waals surface area contributed by atoms with E-state index in [-0.39, 0.29) is 10.7 Å². The van der Waals surface area contributed by atoms with E-state index in [1.165, 1.54) is 11.8 Å². The number of nitrogens with zero attached hydrogens (tertiary/aromatic N) is 1. The van der Waals surface area contributed by atoms with Crippen LogP contribution in [0.1, 0.15) is 26.7 Å². The van der Waals surface area contributed by atoms with E-state index in [0.717, 1.165) is 12.2 Å². The number of likely N-dealkylation sites (tertiary alicyclic amines) is 1. The minimum absolute atomic E-state index is 0.185. The second-order valence-electron chi connectivity index (χ2n) is 5.78. The summed E-state index contributed by atoms with van der Waals surface area (Å²) in [5, 5.41) is 18.4. The molecule has 0 radical (unpaired) electrons. The summed E-state index contributed by atoms with van der Waals surface area (Å²) in [5.74, 6) is -3.00. The summed E-state index contributed by atoms with van der Waals surface area (Å²) < 4.78 is -0.185. The molecule has 21 heavy (non-hydrogen) atoms. The highest BCUT2D eigenvalue weighted by molar-refractivity contribution is 8.77. The third-order valence-corrected chi connectivity index (χ3v) is 7.63. The van der Waals surface area contributed by atoms with Crippen LogP contribution in [0, 0.1) is 11.8 Å². The van der Waals surface area contributed by atoms with Crippen LogP contribution in [0.4, 0.5) is 0 Å². The van der Waals surface area contributed by atoms with Crippen molar-refractivity contribution in [3.63, 3.8) is 0 Å². The minimum Gasteiger partial charge on any atom is -0.481 e. The third-order valence-electron chi connectivity index (χ3n) is 4.37. The molecule has 2 aliphatic rings. The lowest BCUT2D eigenvalue weighted by atomic mass is 9.94. The van der Waals surface area contributed by atoms with Gasteiger partial charge in [-0.1, -0.05) is 35.4 Å². The van der Waals surface area contributed by atoms with Gasteiger partial charge in [-0.3, -0.25) is 9.59 Å². The summed E-state index contributed by atoms with van der Waals surface area (Å²) in [5.41, 5.74) is 0. The largest absolute Gasteiger partial charge is 0.481 e. The monoisotopic (exact) mass is 333 g/mol. The van der Waals surface area contributed by atoms with Crippen molar-refractivity contribution >= 4 is 39.4 Å². The zero-order chi connectivity index (χ0) is 15.8. The molecule has 0 saturated carbocycles. The molecule has 118 valence electrons. The van der Waals surface area contributed by atoms with Gasteiger partial charge in [-0.15, -0.1) is 0 Å². The van der Waals surface area contributed by atoms with Gasteiger partial charge in [0.05, 0.1) is 5.92 Å². The summed E-state index contributed by atoms with van der Waals surface area (Å²) in [6, 6.07) is -0.841. The number of carbonyl (C=O) groups excluding carboxylic acids is 1. The molecule has 8 heteroatoms. The zero-order valence-electron chi connectivity index (χ0n) is 11.9. The first-order valence-electron chi connectivity index (χ1n) is 6.84. The molecule has 0 aromatic rings. The Balaban J connectivity index is 2.17. The van der Waals surface area contributed by atoms with Crippen molar-refractivity contribution in [2.45, 2.75) is 37.5 Å². The van der Waals surface area contributed by atoms with Crippen LogP contribution in [0.2, 0.25) is 0 Å². The van der Waals surface area contributed by atoms with Gasteiger partial charge < -0.3 is 15.1 Å². The first-order valence-corrected chi connectivity index (χ1v) is 9.16. The SMILES string of the molecule is CC(C(=O)O)C(C)C(=O)N1CC2(CCSS2)C[C@H]1C(=O)O. The van der Waals surface area contributed by atoms with Crippen molar-refractivity contribution in [3.05, 3.63) is 0 Å². The van der Waals surface area contributed by atoms with Crippen LogP contribution >= 0.6 is 21.6 Å². The molecule has 2 rings (SSSR count). The van der Waals surface area contributed by atoms with Crippen LogP contribution in [0.5, 0.6) is 0 Å². The first-order chi connectivity index (χ1) is 9.77. The van der Waals surface area contributed by atoms with E-state index in [1.807, 2.05) is 0 Å². The Kier molecular flexibility index (Phi) is 4.77. The molecule has 0 aliphatic carbocycles. The van der Waals surface area contributed by atoms with Crippen molar-refractivity contribution in [3.8, 4) is 0 Å². The molecule has 0 bridgehead atoms. The Bertz CT molecular complexity index is 463. The molecule has 1 amide bonds. The Morgan fingerprint density at radius 1 is 1.24 bits per heavy atom. The Morgan fingerprint density at radius 2 is 1.90 bits per heavy atom. The van der Waals surface area contributed by atoms with Crippen LogP contribution in [0.15, 0.2) is 0 Å². The molecule has 6 nitrogen and oxygen atoms in total. The van der Waals surface area contributed by atoms with Crippen LogP contribution in [0.25, 0.3) is 0 Å². The number of rotatable bonds is 4. The van der Waals surface area contributed by atoms with Crippen LogP contribution in [0.3, 0.4) is 0 Å².